The summed E-state index contributed by atoms with van der Waals surface area (Å²) >= 11 is 1.37. The Bertz CT molecular complexity index is 1090. The number of carbonyl (C=O) groups is 1. The maximum absolute atomic E-state index is 13.1. The highest BCUT2D eigenvalue weighted by molar-refractivity contribution is 7.15. The summed E-state index contributed by atoms with van der Waals surface area (Å²) in [4.78, 5) is 32.4. The molecule has 1 unspecified atom stereocenters. The van der Waals surface area contributed by atoms with Crippen molar-refractivity contribution < 1.29 is 14.3 Å². The van der Waals surface area contributed by atoms with Crippen LogP contribution in [0.5, 0.6) is 11.5 Å². The molecule has 0 spiro atoms. The van der Waals surface area contributed by atoms with E-state index in [0.717, 1.165) is 24.2 Å². The Kier molecular flexibility index (Phi) is 3.86. The highest BCUT2D eigenvalue weighted by Crippen LogP contribution is 2.38. The van der Waals surface area contributed by atoms with Crippen molar-refractivity contribution in [3.63, 3.8) is 0 Å². The summed E-state index contributed by atoms with van der Waals surface area (Å²) in [5.74, 6) is 1.16. The molecule has 0 saturated carbocycles. The Labute approximate surface area is 158 Å². The topological polar surface area (TPSA) is 73.1 Å². The quantitative estimate of drug-likeness (QED) is 0.680. The molecule has 8 heteroatoms. The molecular weight excluding hydrogens is 366 g/mol. The van der Waals surface area contributed by atoms with Gasteiger partial charge in [-0.25, -0.2) is 4.98 Å². The number of thiazole rings is 1. The maximum Gasteiger partial charge on any atom is 0.271 e. The zero-order valence-electron chi connectivity index (χ0n) is 14.5. The van der Waals surface area contributed by atoms with E-state index in [2.05, 4.69) is 4.98 Å². The fourth-order valence-electron chi connectivity index (χ4n) is 3.75. The Morgan fingerprint density at radius 3 is 2.96 bits per heavy atom. The van der Waals surface area contributed by atoms with Crippen molar-refractivity contribution in [2.24, 2.45) is 0 Å². The predicted molar refractivity (Wildman–Crippen MR) is 99.8 cm³/mol. The van der Waals surface area contributed by atoms with Crippen molar-refractivity contribution >= 4 is 22.2 Å². The smallest absolute Gasteiger partial charge is 0.271 e. The van der Waals surface area contributed by atoms with Crippen LogP contribution in [0.1, 0.15) is 34.8 Å². The van der Waals surface area contributed by atoms with Crippen LogP contribution in [0.4, 0.5) is 0 Å². The molecule has 0 bridgehead atoms. The van der Waals surface area contributed by atoms with Crippen LogP contribution in [-0.4, -0.2) is 40.0 Å². The SMILES string of the molecule is O=C(c1cnc2sccn2c1=O)N1CCCC1c1ccc2c(c1)OCCO2. The van der Waals surface area contributed by atoms with Gasteiger partial charge in [0, 0.05) is 24.3 Å². The normalized spacial score (nSPS) is 18.8. The van der Waals surface area contributed by atoms with Crippen molar-refractivity contribution in [3.8, 4) is 11.5 Å². The molecule has 7 nitrogen and oxygen atoms in total. The molecule has 3 aromatic rings. The van der Waals surface area contributed by atoms with Crippen LogP contribution >= 0.6 is 11.3 Å². The van der Waals surface area contributed by atoms with Crippen molar-refractivity contribution in [1.29, 1.82) is 0 Å². The van der Waals surface area contributed by atoms with Gasteiger partial charge in [-0.2, -0.15) is 0 Å². The molecule has 5 rings (SSSR count). The minimum atomic E-state index is -0.320. The van der Waals surface area contributed by atoms with Gasteiger partial charge in [-0.05, 0) is 30.5 Å². The Hall–Kier alpha value is -2.87. The lowest BCUT2D eigenvalue weighted by Crippen LogP contribution is -2.35. The van der Waals surface area contributed by atoms with Crippen LogP contribution in [-0.2, 0) is 0 Å². The fourth-order valence-corrected chi connectivity index (χ4v) is 4.42. The lowest BCUT2D eigenvalue weighted by molar-refractivity contribution is 0.0732. The summed E-state index contributed by atoms with van der Waals surface area (Å²) in [5, 5.41) is 1.78. The van der Waals surface area contributed by atoms with Crippen molar-refractivity contribution in [1.82, 2.24) is 14.3 Å². The molecule has 27 heavy (non-hydrogen) atoms. The van der Waals surface area contributed by atoms with Gasteiger partial charge in [0.25, 0.3) is 11.5 Å². The molecule has 1 amide bonds. The first-order valence-corrected chi connectivity index (χ1v) is 9.76. The number of hydrogen-bond donors (Lipinski definition) is 0. The van der Waals surface area contributed by atoms with Gasteiger partial charge in [-0.15, -0.1) is 11.3 Å². The van der Waals surface area contributed by atoms with Gasteiger partial charge in [0.2, 0.25) is 0 Å². The number of hydrogen-bond acceptors (Lipinski definition) is 6. The Balaban J connectivity index is 1.49. The van der Waals surface area contributed by atoms with Crippen LogP contribution in [0, 0.1) is 0 Å². The number of amides is 1. The Morgan fingerprint density at radius 2 is 2.07 bits per heavy atom. The minimum absolute atomic E-state index is 0.0871. The summed E-state index contributed by atoms with van der Waals surface area (Å²) in [5.41, 5.74) is 0.782. The van der Waals surface area contributed by atoms with E-state index in [1.54, 1.807) is 16.5 Å². The lowest BCUT2D eigenvalue weighted by Gasteiger charge is -2.26. The molecule has 1 aromatic carbocycles. The summed E-state index contributed by atoms with van der Waals surface area (Å²) < 4.78 is 12.7. The van der Waals surface area contributed by atoms with Crippen molar-refractivity contribution in [3.05, 3.63) is 57.5 Å². The molecule has 4 heterocycles. The average Bonchev–Trinajstić information content (AvgIpc) is 3.37. The largest absolute Gasteiger partial charge is 0.486 e. The highest BCUT2D eigenvalue weighted by atomic mass is 32.1. The fraction of sp³-hybridized carbons (Fsp3) is 0.316. The van der Waals surface area contributed by atoms with Gasteiger partial charge in [-0.1, -0.05) is 6.07 Å². The first kappa shape index (κ1) is 16.3. The zero-order valence-corrected chi connectivity index (χ0v) is 15.3. The summed E-state index contributed by atoms with van der Waals surface area (Å²) in [6.07, 6.45) is 4.78. The van der Waals surface area contributed by atoms with Crippen LogP contribution in [0.3, 0.4) is 0 Å². The van der Waals surface area contributed by atoms with E-state index in [-0.39, 0.29) is 23.1 Å². The van der Waals surface area contributed by atoms with E-state index in [4.69, 9.17) is 9.47 Å². The van der Waals surface area contributed by atoms with Crippen molar-refractivity contribution in [2.75, 3.05) is 19.8 Å². The van der Waals surface area contributed by atoms with Crippen LogP contribution in [0.2, 0.25) is 0 Å². The Morgan fingerprint density at radius 1 is 1.22 bits per heavy atom. The summed E-state index contributed by atoms with van der Waals surface area (Å²) in [6, 6.07) is 5.71. The number of benzene rings is 1. The average molecular weight is 383 g/mol. The number of likely N-dealkylation sites (tertiary alicyclic amines) is 1. The molecule has 0 N–H and O–H groups in total. The summed E-state index contributed by atoms with van der Waals surface area (Å²) in [7, 11) is 0. The number of fused-ring (bicyclic) bond motifs is 2. The third-order valence-corrected chi connectivity index (χ3v) is 5.81. The third kappa shape index (κ3) is 2.68. The second kappa shape index (κ2) is 6.38. The van der Waals surface area contributed by atoms with Gasteiger partial charge in [0.1, 0.15) is 18.8 Å². The van der Waals surface area contributed by atoms with E-state index in [0.29, 0.717) is 30.5 Å². The molecule has 2 aliphatic rings. The van der Waals surface area contributed by atoms with Gasteiger partial charge in [0.05, 0.1) is 6.04 Å². The number of nitrogens with zero attached hydrogens (tertiary/aromatic N) is 3. The van der Waals surface area contributed by atoms with Gasteiger partial charge < -0.3 is 14.4 Å². The number of carbonyl (C=O) groups excluding carboxylic acids is 1. The predicted octanol–water partition coefficient (Wildman–Crippen LogP) is 2.50. The number of ether oxygens (including phenoxy) is 2. The standard InChI is InChI=1S/C19H17N3O4S/c23-17(13-11-20-19-22(18(13)24)6-9-27-19)21-5-1-2-14(21)12-3-4-15-16(10-12)26-8-7-25-15/h3-4,6,9-11,14H,1-2,5,7-8H2. The van der Waals surface area contributed by atoms with Gasteiger partial charge >= 0.3 is 0 Å². The van der Waals surface area contributed by atoms with Gasteiger partial charge in [-0.3, -0.25) is 14.0 Å². The van der Waals surface area contributed by atoms with Crippen LogP contribution in [0.15, 0.2) is 40.8 Å². The van der Waals surface area contributed by atoms with Crippen molar-refractivity contribution in [2.45, 2.75) is 18.9 Å². The van der Waals surface area contributed by atoms with Gasteiger partial charge in [0.15, 0.2) is 16.5 Å². The molecule has 1 atom stereocenters. The van der Waals surface area contributed by atoms with E-state index in [1.807, 2.05) is 18.2 Å². The van der Waals surface area contributed by atoms with E-state index < -0.39 is 0 Å². The van der Waals surface area contributed by atoms with Crippen LogP contribution in [0.25, 0.3) is 4.96 Å². The molecule has 2 aliphatic heterocycles. The molecule has 0 aliphatic carbocycles. The number of aromatic nitrogens is 2. The van der Waals surface area contributed by atoms with Crippen LogP contribution < -0.4 is 15.0 Å². The molecule has 138 valence electrons. The van der Waals surface area contributed by atoms with E-state index in [9.17, 15) is 9.59 Å². The first-order valence-electron chi connectivity index (χ1n) is 8.88. The molecule has 1 saturated heterocycles. The molecule has 2 aromatic heterocycles. The second-order valence-electron chi connectivity index (χ2n) is 6.59. The zero-order chi connectivity index (χ0) is 18.4. The molecule has 1 fully saturated rings. The summed E-state index contributed by atoms with van der Waals surface area (Å²) in [6.45, 7) is 1.68. The molecule has 0 radical (unpaired) electrons. The highest BCUT2D eigenvalue weighted by Gasteiger charge is 2.33. The lowest BCUT2D eigenvalue weighted by atomic mass is 10.0. The minimum Gasteiger partial charge on any atom is -0.486 e. The van der Waals surface area contributed by atoms with E-state index >= 15 is 0 Å². The number of rotatable bonds is 2. The monoisotopic (exact) mass is 383 g/mol. The van der Waals surface area contributed by atoms with E-state index in [1.165, 1.54) is 21.9 Å². The third-order valence-electron chi connectivity index (χ3n) is 5.04. The first-order chi connectivity index (χ1) is 13.2. The maximum atomic E-state index is 13.1. The molecular formula is C19H17N3O4S. The second-order valence-corrected chi connectivity index (χ2v) is 7.47.